The average molecular weight is 308 g/mol. The third kappa shape index (κ3) is 1.39. The highest BCUT2D eigenvalue weighted by atomic mass is 16.6. The highest BCUT2D eigenvalue weighted by molar-refractivity contribution is 5.78. The Balaban J connectivity index is 1.87. The van der Waals surface area contributed by atoms with E-state index in [0.717, 1.165) is 25.7 Å². The van der Waals surface area contributed by atoms with E-state index in [1.54, 1.807) is 0 Å². The van der Waals surface area contributed by atoms with Gasteiger partial charge in [-0.2, -0.15) is 0 Å². The van der Waals surface area contributed by atoms with Crippen molar-refractivity contribution in [3.63, 3.8) is 0 Å². The zero-order valence-corrected chi connectivity index (χ0v) is 13.4. The minimum atomic E-state index is -0.895. The summed E-state index contributed by atoms with van der Waals surface area (Å²) in [6.45, 7) is 4.08. The number of aliphatic hydroxyl groups is 1. The Hall–Kier alpha value is -1.10. The lowest BCUT2D eigenvalue weighted by Crippen LogP contribution is -2.59. The molecule has 4 fully saturated rings. The van der Waals surface area contributed by atoms with Gasteiger partial charge < -0.3 is 14.6 Å². The molecular formula is C17H24O5. The summed E-state index contributed by atoms with van der Waals surface area (Å²) < 4.78 is 10.9. The van der Waals surface area contributed by atoms with Crippen molar-refractivity contribution < 1.29 is 24.2 Å². The minimum Gasteiger partial charge on any atom is -0.469 e. The third-order valence-electron chi connectivity index (χ3n) is 7.07. The van der Waals surface area contributed by atoms with Crippen LogP contribution in [0.15, 0.2) is 0 Å². The van der Waals surface area contributed by atoms with E-state index in [4.69, 9.17) is 9.47 Å². The molecule has 1 N–H and O–H groups in total. The molecule has 1 spiro atoms. The van der Waals surface area contributed by atoms with Gasteiger partial charge in [-0.1, -0.05) is 13.8 Å². The van der Waals surface area contributed by atoms with Crippen LogP contribution in [0.1, 0.15) is 46.0 Å². The highest BCUT2D eigenvalue weighted by Gasteiger charge is 2.79. The van der Waals surface area contributed by atoms with Crippen LogP contribution >= 0.6 is 0 Å². The molecule has 5 nitrogen and oxygen atoms in total. The Labute approximate surface area is 130 Å². The van der Waals surface area contributed by atoms with Gasteiger partial charge in [-0.3, -0.25) is 9.59 Å². The number of carbonyl (C=O) groups excluding carboxylic acids is 2. The standard InChI is InChI=1S/C17H24O5/c1-15(2)8-16-6-9-4-5-11(16)10(13(19)21-3)7-17(16,14(15)20)22-12(9)18/h9-11,14,20H,4-8H2,1-3H3/t9-,10-,11-,14+,16+,17-/m1/s1. The number of fused-ring (bicyclic) bond motifs is 1. The van der Waals surface area contributed by atoms with Gasteiger partial charge in [0.15, 0.2) is 0 Å². The van der Waals surface area contributed by atoms with Crippen LogP contribution < -0.4 is 0 Å². The number of methoxy groups -OCH3 is 1. The molecule has 0 aromatic carbocycles. The fraction of sp³-hybridized carbons (Fsp3) is 0.882. The van der Waals surface area contributed by atoms with Gasteiger partial charge in [0.05, 0.1) is 25.0 Å². The van der Waals surface area contributed by atoms with Crippen molar-refractivity contribution in [1.29, 1.82) is 0 Å². The predicted octanol–water partition coefficient (Wildman–Crippen LogP) is 1.67. The maximum atomic E-state index is 12.4. The van der Waals surface area contributed by atoms with E-state index < -0.39 is 11.7 Å². The molecule has 4 rings (SSSR count). The Bertz CT molecular complexity index is 555. The fourth-order valence-electron chi connectivity index (χ4n) is 6.44. The zero-order valence-electron chi connectivity index (χ0n) is 13.4. The smallest absolute Gasteiger partial charge is 0.309 e. The number of hydrogen-bond acceptors (Lipinski definition) is 5. The van der Waals surface area contributed by atoms with Gasteiger partial charge in [0.25, 0.3) is 0 Å². The first-order valence-corrected chi connectivity index (χ1v) is 8.26. The lowest BCUT2D eigenvalue weighted by atomic mass is 9.57. The van der Waals surface area contributed by atoms with Crippen LogP contribution in [0, 0.1) is 28.6 Å². The normalized spacial score (nSPS) is 51.2. The minimum absolute atomic E-state index is 0.0677. The van der Waals surface area contributed by atoms with Crippen molar-refractivity contribution in [3.8, 4) is 0 Å². The number of ether oxygens (including phenoxy) is 2. The van der Waals surface area contributed by atoms with E-state index >= 15 is 0 Å². The Morgan fingerprint density at radius 2 is 2.05 bits per heavy atom. The van der Waals surface area contributed by atoms with Crippen molar-refractivity contribution >= 4 is 11.9 Å². The summed E-state index contributed by atoms with van der Waals surface area (Å²) in [6.07, 6.45) is 2.89. The van der Waals surface area contributed by atoms with Crippen molar-refractivity contribution in [2.45, 2.75) is 57.7 Å². The van der Waals surface area contributed by atoms with E-state index in [-0.39, 0.29) is 40.5 Å². The van der Waals surface area contributed by atoms with Crippen molar-refractivity contribution in [1.82, 2.24) is 0 Å². The van der Waals surface area contributed by atoms with Gasteiger partial charge >= 0.3 is 11.9 Å². The molecule has 4 aliphatic rings. The molecule has 122 valence electrons. The van der Waals surface area contributed by atoms with Crippen LogP contribution in [0.3, 0.4) is 0 Å². The second kappa shape index (κ2) is 4.05. The lowest BCUT2D eigenvalue weighted by Gasteiger charge is -2.52. The molecule has 0 amide bonds. The predicted molar refractivity (Wildman–Crippen MR) is 76.6 cm³/mol. The van der Waals surface area contributed by atoms with E-state index in [9.17, 15) is 14.7 Å². The second-order valence-corrected chi connectivity index (χ2v) is 8.45. The van der Waals surface area contributed by atoms with E-state index in [2.05, 4.69) is 0 Å². The lowest BCUT2D eigenvalue weighted by molar-refractivity contribution is -0.220. The molecule has 0 aromatic heterocycles. The molecule has 3 aliphatic carbocycles. The molecule has 0 radical (unpaired) electrons. The van der Waals surface area contributed by atoms with Crippen LogP contribution in [0.4, 0.5) is 0 Å². The van der Waals surface area contributed by atoms with Gasteiger partial charge in [-0.05, 0) is 37.0 Å². The van der Waals surface area contributed by atoms with Crippen LogP contribution in [-0.2, 0) is 19.1 Å². The van der Waals surface area contributed by atoms with Gasteiger partial charge in [-0.25, -0.2) is 0 Å². The molecule has 1 saturated heterocycles. The van der Waals surface area contributed by atoms with Gasteiger partial charge in [0, 0.05) is 11.8 Å². The summed E-state index contributed by atoms with van der Waals surface area (Å²) in [5.74, 6) is -0.582. The first-order valence-electron chi connectivity index (χ1n) is 8.26. The quantitative estimate of drug-likeness (QED) is 0.746. The summed E-state index contributed by atoms with van der Waals surface area (Å²) in [7, 11) is 1.41. The summed E-state index contributed by atoms with van der Waals surface area (Å²) in [5.41, 5.74) is -1.45. The summed E-state index contributed by atoms with van der Waals surface area (Å²) in [5, 5.41) is 11.0. The van der Waals surface area contributed by atoms with Crippen LogP contribution in [0.5, 0.6) is 0 Å². The molecule has 6 atom stereocenters. The first-order chi connectivity index (χ1) is 10.3. The summed E-state index contributed by atoms with van der Waals surface area (Å²) in [6, 6.07) is 0. The molecule has 0 unspecified atom stereocenters. The van der Waals surface area contributed by atoms with Crippen LogP contribution in [-0.4, -0.2) is 35.9 Å². The summed E-state index contributed by atoms with van der Waals surface area (Å²) in [4.78, 5) is 24.7. The molecule has 5 heteroatoms. The first kappa shape index (κ1) is 14.5. The molecule has 1 heterocycles. The Kier molecular flexibility index (Phi) is 2.67. The summed E-state index contributed by atoms with van der Waals surface area (Å²) >= 11 is 0. The van der Waals surface area contributed by atoms with Gasteiger partial charge in [-0.15, -0.1) is 0 Å². The molecule has 0 aromatic rings. The highest BCUT2D eigenvalue weighted by Crippen LogP contribution is 2.74. The van der Waals surface area contributed by atoms with E-state index in [1.165, 1.54) is 7.11 Å². The third-order valence-corrected chi connectivity index (χ3v) is 7.07. The molecule has 2 bridgehead atoms. The maximum Gasteiger partial charge on any atom is 0.309 e. The number of hydrogen-bond donors (Lipinski definition) is 1. The molecule has 22 heavy (non-hydrogen) atoms. The number of rotatable bonds is 1. The number of esters is 2. The Morgan fingerprint density at radius 1 is 1.32 bits per heavy atom. The van der Waals surface area contributed by atoms with Crippen molar-refractivity contribution in [2.75, 3.05) is 7.11 Å². The average Bonchev–Trinajstić information content (AvgIpc) is 2.85. The largest absolute Gasteiger partial charge is 0.469 e. The second-order valence-electron chi connectivity index (χ2n) is 8.45. The van der Waals surface area contributed by atoms with E-state index in [0.29, 0.717) is 6.42 Å². The number of aliphatic hydroxyl groups excluding tert-OH is 1. The fourth-order valence-corrected chi connectivity index (χ4v) is 6.44. The maximum absolute atomic E-state index is 12.4. The topological polar surface area (TPSA) is 72.8 Å². The van der Waals surface area contributed by atoms with E-state index in [1.807, 2.05) is 13.8 Å². The SMILES string of the molecule is COC(=O)[C@@H]1C[C@]23OC(=O)[C@@H]4CC[C@H]1[C@]2(C4)CC(C)(C)[C@@H]3O. The van der Waals surface area contributed by atoms with Crippen LogP contribution in [0.2, 0.25) is 0 Å². The molecule has 1 aliphatic heterocycles. The molecule has 3 saturated carbocycles. The van der Waals surface area contributed by atoms with Crippen LogP contribution in [0.25, 0.3) is 0 Å². The number of carbonyl (C=O) groups is 2. The zero-order chi connectivity index (χ0) is 15.9. The van der Waals surface area contributed by atoms with Crippen molar-refractivity contribution in [3.05, 3.63) is 0 Å². The van der Waals surface area contributed by atoms with Gasteiger partial charge in [0.2, 0.25) is 0 Å². The monoisotopic (exact) mass is 308 g/mol. The molecular weight excluding hydrogens is 284 g/mol. The van der Waals surface area contributed by atoms with Gasteiger partial charge in [0.1, 0.15) is 5.60 Å². The Morgan fingerprint density at radius 3 is 2.73 bits per heavy atom. The van der Waals surface area contributed by atoms with Crippen molar-refractivity contribution in [2.24, 2.45) is 28.6 Å².